The number of rotatable bonds is 1. The fraction of sp³-hybridized carbons (Fsp3) is 0.700. The lowest BCUT2D eigenvalue weighted by atomic mass is 9.99. The first-order valence-electron chi connectivity index (χ1n) is 5.17. The molecule has 1 aliphatic heterocycles. The minimum Gasteiger partial charge on any atom is -0.384 e. The van der Waals surface area contributed by atoms with Crippen molar-refractivity contribution in [2.24, 2.45) is 0 Å². The van der Waals surface area contributed by atoms with Crippen LogP contribution in [-0.2, 0) is 0 Å². The quantitative estimate of drug-likeness (QED) is 0.728. The van der Waals surface area contributed by atoms with Crippen molar-refractivity contribution in [2.75, 3.05) is 19.3 Å². The van der Waals surface area contributed by atoms with E-state index in [1.54, 1.807) is 6.20 Å². The zero-order chi connectivity index (χ0) is 10.1. The molecule has 2 unspecified atom stereocenters. The number of anilines is 1. The van der Waals surface area contributed by atoms with Gasteiger partial charge in [-0.3, -0.25) is 0 Å². The number of hydrogen-bond acceptors (Lipinski definition) is 3. The van der Waals surface area contributed by atoms with Crippen LogP contribution in [0.3, 0.4) is 0 Å². The van der Waals surface area contributed by atoms with Gasteiger partial charge in [0.05, 0.1) is 12.2 Å². The van der Waals surface area contributed by atoms with Gasteiger partial charge in [0.1, 0.15) is 5.82 Å². The molecule has 1 fully saturated rings. The molecule has 0 spiro atoms. The van der Waals surface area contributed by atoms with Gasteiger partial charge in [0.2, 0.25) is 0 Å². The zero-order valence-electron chi connectivity index (χ0n) is 8.85. The van der Waals surface area contributed by atoms with E-state index < -0.39 is 0 Å². The summed E-state index contributed by atoms with van der Waals surface area (Å²) in [4.78, 5) is 2.39. The average molecular weight is 194 g/mol. The third kappa shape index (κ3) is 1.62. The Hall–Kier alpha value is -1.03. The Bertz CT molecular complexity index is 307. The SMILES string of the molecule is CC1CC(n2nccc2N)CCN1C. The summed E-state index contributed by atoms with van der Waals surface area (Å²) in [5, 5.41) is 4.27. The molecule has 0 amide bonds. The van der Waals surface area contributed by atoms with Gasteiger partial charge < -0.3 is 10.6 Å². The van der Waals surface area contributed by atoms with Crippen LogP contribution in [0.1, 0.15) is 25.8 Å². The number of piperidine rings is 1. The van der Waals surface area contributed by atoms with Crippen LogP contribution < -0.4 is 5.73 Å². The first-order valence-corrected chi connectivity index (χ1v) is 5.17. The number of nitrogens with two attached hydrogens (primary N) is 1. The van der Waals surface area contributed by atoms with Crippen LogP contribution >= 0.6 is 0 Å². The minimum absolute atomic E-state index is 0.483. The summed E-state index contributed by atoms with van der Waals surface area (Å²) >= 11 is 0. The number of likely N-dealkylation sites (tertiary alicyclic amines) is 1. The molecule has 0 bridgehead atoms. The average Bonchev–Trinajstić information content (AvgIpc) is 2.57. The molecule has 2 heterocycles. The first kappa shape index (κ1) is 9.52. The molecule has 0 radical (unpaired) electrons. The van der Waals surface area contributed by atoms with Crippen molar-refractivity contribution in [1.29, 1.82) is 0 Å². The molecular formula is C10H18N4. The van der Waals surface area contributed by atoms with Gasteiger partial charge in [0.15, 0.2) is 0 Å². The van der Waals surface area contributed by atoms with Crippen molar-refractivity contribution in [3.63, 3.8) is 0 Å². The molecule has 4 nitrogen and oxygen atoms in total. The maximum atomic E-state index is 5.84. The fourth-order valence-corrected chi connectivity index (χ4v) is 2.12. The molecule has 78 valence electrons. The lowest BCUT2D eigenvalue weighted by molar-refractivity contribution is 0.152. The van der Waals surface area contributed by atoms with E-state index in [2.05, 4.69) is 24.0 Å². The van der Waals surface area contributed by atoms with E-state index in [-0.39, 0.29) is 0 Å². The Kier molecular flexibility index (Phi) is 2.46. The van der Waals surface area contributed by atoms with Crippen LogP contribution in [0.4, 0.5) is 5.82 Å². The molecule has 0 aromatic carbocycles. The second-order valence-electron chi connectivity index (χ2n) is 4.21. The smallest absolute Gasteiger partial charge is 0.121 e. The Morgan fingerprint density at radius 3 is 2.93 bits per heavy atom. The van der Waals surface area contributed by atoms with E-state index in [9.17, 15) is 0 Å². The van der Waals surface area contributed by atoms with Gasteiger partial charge in [-0.15, -0.1) is 0 Å². The number of nitrogens with zero attached hydrogens (tertiary/aromatic N) is 3. The number of nitrogen functional groups attached to an aromatic ring is 1. The summed E-state index contributed by atoms with van der Waals surface area (Å²) in [5.41, 5.74) is 5.84. The standard InChI is InChI=1S/C10H18N4/c1-8-7-9(4-6-13(8)2)14-10(11)3-5-12-14/h3,5,8-9H,4,6-7,11H2,1-2H3. The lowest BCUT2D eigenvalue weighted by Crippen LogP contribution is -2.38. The van der Waals surface area contributed by atoms with E-state index in [1.165, 1.54) is 0 Å². The van der Waals surface area contributed by atoms with Crippen molar-refractivity contribution < 1.29 is 0 Å². The van der Waals surface area contributed by atoms with Crippen molar-refractivity contribution in [3.8, 4) is 0 Å². The van der Waals surface area contributed by atoms with Crippen molar-refractivity contribution in [3.05, 3.63) is 12.3 Å². The third-order valence-corrected chi connectivity index (χ3v) is 3.23. The lowest BCUT2D eigenvalue weighted by Gasteiger charge is -2.35. The summed E-state index contributed by atoms with van der Waals surface area (Å²) in [6.45, 7) is 3.39. The Labute approximate surface area is 84.7 Å². The predicted molar refractivity (Wildman–Crippen MR) is 57.0 cm³/mol. The summed E-state index contributed by atoms with van der Waals surface area (Å²) in [6.07, 6.45) is 4.06. The van der Waals surface area contributed by atoms with Gasteiger partial charge in [-0.05, 0) is 32.9 Å². The maximum Gasteiger partial charge on any atom is 0.121 e. The Morgan fingerprint density at radius 1 is 1.57 bits per heavy atom. The van der Waals surface area contributed by atoms with Gasteiger partial charge in [0.25, 0.3) is 0 Å². The molecule has 2 N–H and O–H groups in total. The zero-order valence-corrected chi connectivity index (χ0v) is 8.85. The van der Waals surface area contributed by atoms with Gasteiger partial charge in [0, 0.05) is 12.6 Å². The summed E-state index contributed by atoms with van der Waals surface area (Å²) in [7, 11) is 2.17. The van der Waals surface area contributed by atoms with E-state index in [4.69, 9.17) is 5.73 Å². The van der Waals surface area contributed by atoms with Crippen LogP contribution in [0.25, 0.3) is 0 Å². The summed E-state index contributed by atoms with van der Waals surface area (Å²) in [5.74, 6) is 0.784. The molecule has 1 aromatic rings. The molecule has 2 atom stereocenters. The topological polar surface area (TPSA) is 47.1 Å². The van der Waals surface area contributed by atoms with Crippen molar-refractivity contribution in [1.82, 2.24) is 14.7 Å². The Balaban J connectivity index is 2.10. The van der Waals surface area contributed by atoms with Crippen molar-refractivity contribution in [2.45, 2.75) is 31.8 Å². The van der Waals surface area contributed by atoms with E-state index in [0.717, 1.165) is 25.2 Å². The molecule has 1 saturated heterocycles. The molecule has 4 heteroatoms. The van der Waals surface area contributed by atoms with Crippen LogP contribution in [0.15, 0.2) is 12.3 Å². The van der Waals surface area contributed by atoms with Crippen LogP contribution in [-0.4, -0.2) is 34.3 Å². The highest BCUT2D eigenvalue weighted by molar-refractivity contribution is 5.26. The highest BCUT2D eigenvalue weighted by atomic mass is 15.3. The highest BCUT2D eigenvalue weighted by Gasteiger charge is 2.24. The minimum atomic E-state index is 0.483. The molecule has 1 aliphatic rings. The van der Waals surface area contributed by atoms with Gasteiger partial charge in [-0.25, -0.2) is 4.68 Å². The third-order valence-electron chi connectivity index (χ3n) is 3.23. The van der Waals surface area contributed by atoms with E-state index in [0.29, 0.717) is 12.1 Å². The van der Waals surface area contributed by atoms with E-state index in [1.807, 2.05) is 10.7 Å². The highest BCUT2D eigenvalue weighted by Crippen LogP contribution is 2.26. The second kappa shape index (κ2) is 3.61. The summed E-state index contributed by atoms with van der Waals surface area (Å²) < 4.78 is 1.96. The Morgan fingerprint density at radius 2 is 2.36 bits per heavy atom. The monoisotopic (exact) mass is 194 g/mol. The molecule has 2 rings (SSSR count). The van der Waals surface area contributed by atoms with Gasteiger partial charge in [-0.2, -0.15) is 5.10 Å². The largest absolute Gasteiger partial charge is 0.384 e. The normalized spacial score (nSPS) is 29.3. The first-order chi connectivity index (χ1) is 6.68. The molecule has 0 saturated carbocycles. The molecule has 1 aromatic heterocycles. The molecule has 14 heavy (non-hydrogen) atoms. The summed E-state index contributed by atoms with van der Waals surface area (Å²) in [6, 6.07) is 2.97. The number of hydrogen-bond donors (Lipinski definition) is 1. The van der Waals surface area contributed by atoms with Crippen LogP contribution in [0, 0.1) is 0 Å². The van der Waals surface area contributed by atoms with E-state index >= 15 is 0 Å². The fourth-order valence-electron chi connectivity index (χ4n) is 2.12. The second-order valence-corrected chi connectivity index (χ2v) is 4.21. The number of aromatic nitrogens is 2. The molecule has 0 aliphatic carbocycles. The predicted octanol–water partition coefficient (Wildman–Crippen LogP) is 1.12. The van der Waals surface area contributed by atoms with Gasteiger partial charge in [-0.1, -0.05) is 0 Å². The van der Waals surface area contributed by atoms with Crippen LogP contribution in [0.2, 0.25) is 0 Å². The molecular weight excluding hydrogens is 176 g/mol. The van der Waals surface area contributed by atoms with Gasteiger partial charge >= 0.3 is 0 Å². The van der Waals surface area contributed by atoms with Crippen molar-refractivity contribution >= 4 is 5.82 Å². The van der Waals surface area contributed by atoms with Crippen LogP contribution in [0.5, 0.6) is 0 Å². The maximum absolute atomic E-state index is 5.84.